The largest absolute Gasteiger partial charge is 0.444 e. The van der Waals surface area contributed by atoms with E-state index in [4.69, 9.17) is 10.5 Å². The summed E-state index contributed by atoms with van der Waals surface area (Å²) >= 11 is 0. The van der Waals surface area contributed by atoms with Gasteiger partial charge in [-0.3, -0.25) is 0 Å². The average molecular weight is 239 g/mol. The molecule has 1 fully saturated rings. The van der Waals surface area contributed by atoms with E-state index in [1.54, 1.807) is 20.8 Å². The van der Waals surface area contributed by atoms with E-state index in [0.717, 1.165) is 0 Å². The molecular formula is C9H19ClN2O3. The molecular weight excluding hydrogens is 220 g/mol. The zero-order valence-corrected chi connectivity index (χ0v) is 10.1. The second-order valence-electron chi connectivity index (χ2n) is 4.62. The predicted molar refractivity (Wildman–Crippen MR) is 59.0 cm³/mol. The molecule has 1 heterocycles. The summed E-state index contributed by atoms with van der Waals surface area (Å²) in [5.74, 6) is 0. The molecule has 6 heteroatoms. The van der Waals surface area contributed by atoms with Gasteiger partial charge in [0.25, 0.3) is 0 Å². The normalized spacial score (nSPS) is 26.1. The first-order valence-electron chi connectivity index (χ1n) is 4.71. The van der Waals surface area contributed by atoms with E-state index >= 15 is 0 Å². The minimum Gasteiger partial charge on any atom is -0.444 e. The van der Waals surface area contributed by atoms with Gasteiger partial charge in [0, 0.05) is 6.54 Å². The first-order valence-corrected chi connectivity index (χ1v) is 4.71. The van der Waals surface area contributed by atoms with Crippen LogP contribution in [0, 0.1) is 0 Å². The van der Waals surface area contributed by atoms with Gasteiger partial charge in [0.2, 0.25) is 0 Å². The molecule has 0 aromatic heterocycles. The van der Waals surface area contributed by atoms with E-state index in [1.165, 1.54) is 4.90 Å². The molecule has 1 aliphatic heterocycles. The van der Waals surface area contributed by atoms with Gasteiger partial charge in [0.05, 0.1) is 18.7 Å². The molecule has 0 spiro atoms. The lowest BCUT2D eigenvalue weighted by atomic mass is 10.2. The van der Waals surface area contributed by atoms with Crippen molar-refractivity contribution in [1.29, 1.82) is 0 Å². The van der Waals surface area contributed by atoms with Crippen LogP contribution in [0.25, 0.3) is 0 Å². The number of carbonyl (C=O) groups excluding carboxylic acids is 1. The van der Waals surface area contributed by atoms with Gasteiger partial charge in [-0.1, -0.05) is 0 Å². The van der Waals surface area contributed by atoms with Gasteiger partial charge < -0.3 is 20.5 Å². The van der Waals surface area contributed by atoms with Crippen LogP contribution in [0.3, 0.4) is 0 Å². The molecule has 0 radical (unpaired) electrons. The summed E-state index contributed by atoms with van der Waals surface area (Å²) in [5.41, 5.74) is 5.07. The Morgan fingerprint density at radius 3 is 2.33 bits per heavy atom. The molecule has 2 atom stereocenters. The molecule has 0 aromatic rings. The minimum absolute atomic E-state index is 0. The number of nitrogens with zero attached hydrogens (tertiary/aromatic N) is 1. The van der Waals surface area contributed by atoms with Gasteiger partial charge in [-0.05, 0) is 20.8 Å². The summed E-state index contributed by atoms with van der Waals surface area (Å²) in [7, 11) is 0. The molecule has 0 aromatic carbocycles. The third-order valence-electron chi connectivity index (χ3n) is 1.98. The van der Waals surface area contributed by atoms with Crippen LogP contribution in [0.1, 0.15) is 20.8 Å². The van der Waals surface area contributed by atoms with E-state index in [2.05, 4.69) is 0 Å². The van der Waals surface area contributed by atoms with Crippen LogP contribution in [-0.4, -0.2) is 46.9 Å². The van der Waals surface area contributed by atoms with Gasteiger partial charge in [-0.15, -0.1) is 12.4 Å². The van der Waals surface area contributed by atoms with Crippen molar-refractivity contribution >= 4 is 18.5 Å². The summed E-state index contributed by atoms with van der Waals surface area (Å²) in [6, 6.07) is -0.359. The predicted octanol–water partition coefficient (Wildman–Crippen LogP) is 0.347. The number of carbonyl (C=O) groups is 1. The van der Waals surface area contributed by atoms with Crippen molar-refractivity contribution in [3.8, 4) is 0 Å². The number of likely N-dealkylation sites (tertiary alicyclic amines) is 1. The minimum atomic E-state index is -0.637. The van der Waals surface area contributed by atoms with Crippen LogP contribution >= 0.6 is 12.4 Å². The number of hydrogen-bond acceptors (Lipinski definition) is 4. The number of ether oxygens (including phenoxy) is 1. The molecule has 15 heavy (non-hydrogen) atoms. The zero-order valence-electron chi connectivity index (χ0n) is 9.27. The number of aliphatic hydroxyl groups is 1. The molecule has 1 amide bonds. The Kier molecular flexibility index (Phi) is 4.83. The standard InChI is InChI=1S/C9H18N2O3.ClH/c1-9(2,3)14-8(13)11-4-6(10)7(12)5-11;/h6-7,12H,4-5,10H2,1-3H3;1H. The van der Waals surface area contributed by atoms with Crippen molar-refractivity contribution < 1.29 is 14.6 Å². The van der Waals surface area contributed by atoms with Crippen LogP contribution in [0.15, 0.2) is 0 Å². The fourth-order valence-electron chi connectivity index (χ4n) is 1.29. The lowest BCUT2D eigenvalue weighted by Gasteiger charge is -2.24. The smallest absolute Gasteiger partial charge is 0.410 e. The second-order valence-corrected chi connectivity index (χ2v) is 4.62. The van der Waals surface area contributed by atoms with E-state index in [-0.39, 0.29) is 25.0 Å². The van der Waals surface area contributed by atoms with E-state index in [0.29, 0.717) is 6.54 Å². The molecule has 1 aliphatic rings. The fraction of sp³-hybridized carbons (Fsp3) is 0.889. The van der Waals surface area contributed by atoms with Crippen LogP contribution in [0.4, 0.5) is 4.79 Å². The lowest BCUT2D eigenvalue weighted by Crippen LogP contribution is -2.36. The average Bonchev–Trinajstić information content (AvgIpc) is 2.28. The molecule has 1 saturated heterocycles. The first-order chi connectivity index (χ1) is 6.29. The molecule has 5 nitrogen and oxygen atoms in total. The molecule has 0 bridgehead atoms. The molecule has 3 N–H and O–H groups in total. The lowest BCUT2D eigenvalue weighted by molar-refractivity contribution is 0.0270. The number of nitrogens with two attached hydrogens (primary N) is 1. The first kappa shape index (κ1) is 14.5. The van der Waals surface area contributed by atoms with Crippen LogP contribution in [-0.2, 0) is 4.74 Å². The number of aliphatic hydroxyl groups excluding tert-OH is 1. The Balaban J connectivity index is 0.00000196. The maximum Gasteiger partial charge on any atom is 0.410 e. The van der Waals surface area contributed by atoms with E-state index in [9.17, 15) is 9.90 Å². The number of amides is 1. The maximum absolute atomic E-state index is 11.5. The van der Waals surface area contributed by atoms with Gasteiger partial charge >= 0.3 is 6.09 Å². The van der Waals surface area contributed by atoms with Crippen LogP contribution in [0.5, 0.6) is 0 Å². The molecule has 90 valence electrons. The van der Waals surface area contributed by atoms with E-state index in [1.807, 2.05) is 0 Å². The Hall–Kier alpha value is -0.520. The van der Waals surface area contributed by atoms with Crippen LogP contribution < -0.4 is 5.73 Å². The maximum atomic E-state index is 11.5. The molecule has 2 unspecified atom stereocenters. The number of β-amino-alcohol motifs (C(OH)–C–C–N with tert-alkyl or cyclic N) is 1. The quantitative estimate of drug-likeness (QED) is 0.639. The highest BCUT2D eigenvalue weighted by atomic mass is 35.5. The number of halogens is 1. The third-order valence-corrected chi connectivity index (χ3v) is 1.98. The fourth-order valence-corrected chi connectivity index (χ4v) is 1.29. The Bertz CT molecular complexity index is 220. The SMILES string of the molecule is CC(C)(C)OC(=O)N1CC(N)C(O)C1.Cl. The van der Waals surface area contributed by atoms with Gasteiger partial charge in [-0.25, -0.2) is 4.79 Å². The molecule has 0 aliphatic carbocycles. The van der Waals surface area contributed by atoms with Crippen molar-refractivity contribution in [2.24, 2.45) is 5.73 Å². The number of rotatable bonds is 0. The summed E-state index contributed by atoms with van der Waals surface area (Å²) in [5, 5.41) is 9.34. The monoisotopic (exact) mass is 238 g/mol. The van der Waals surface area contributed by atoms with Crippen molar-refractivity contribution in [1.82, 2.24) is 4.90 Å². The highest BCUT2D eigenvalue weighted by Crippen LogP contribution is 2.14. The summed E-state index contributed by atoms with van der Waals surface area (Å²) < 4.78 is 5.14. The topological polar surface area (TPSA) is 75.8 Å². The Morgan fingerprint density at radius 2 is 2.00 bits per heavy atom. The van der Waals surface area contributed by atoms with Crippen molar-refractivity contribution in [2.75, 3.05) is 13.1 Å². The van der Waals surface area contributed by atoms with Crippen molar-refractivity contribution in [3.63, 3.8) is 0 Å². The highest BCUT2D eigenvalue weighted by molar-refractivity contribution is 5.85. The van der Waals surface area contributed by atoms with Crippen LogP contribution in [0.2, 0.25) is 0 Å². The number of hydrogen-bond donors (Lipinski definition) is 2. The summed E-state index contributed by atoms with van der Waals surface area (Å²) in [4.78, 5) is 12.9. The third kappa shape index (κ3) is 4.24. The van der Waals surface area contributed by atoms with Gasteiger partial charge in [0.15, 0.2) is 0 Å². The summed E-state index contributed by atoms with van der Waals surface area (Å²) in [6.45, 7) is 6.03. The molecule has 1 rings (SSSR count). The molecule has 0 saturated carbocycles. The summed E-state index contributed by atoms with van der Waals surface area (Å²) in [6.07, 6.45) is -1.05. The Morgan fingerprint density at radius 1 is 1.47 bits per heavy atom. The van der Waals surface area contributed by atoms with Gasteiger partial charge in [-0.2, -0.15) is 0 Å². The Labute approximate surface area is 96.0 Å². The van der Waals surface area contributed by atoms with Crippen molar-refractivity contribution in [2.45, 2.75) is 38.5 Å². The van der Waals surface area contributed by atoms with Gasteiger partial charge in [0.1, 0.15) is 5.60 Å². The zero-order chi connectivity index (χ0) is 10.9. The second kappa shape index (κ2) is 5.01. The highest BCUT2D eigenvalue weighted by Gasteiger charge is 2.33. The van der Waals surface area contributed by atoms with E-state index < -0.39 is 17.8 Å². The van der Waals surface area contributed by atoms with Crippen molar-refractivity contribution in [3.05, 3.63) is 0 Å².